The van der Waals surface area contributed by atoms with Crippen molar-refractivity contribution in [1.29, 1.82) is 0 Å². The number of nitro benzene ring substituents is 1. The van der Waals surface area contributed by atoms with Crippen LogP contribution in [0.3, 0.4) is 0 Å². The molecule has 0 aliphatic rings. The number of pyridine rings is 1. The molecule has 0 radical (unpaired) electrons. The first-order valence-corrected chi connectivity index (χ1v) is 6.14. The average molecular weight is 308 g/mol. The van der Waals surface area contributed by atoms with E-state index in [2.05, 4.69) is 10.3 Å². The number of nitrogens with zero attached hydrogens (tertiary/aromatic N) is 2. The molecule has 0 atom stereocenters. The quantitative estimate of drug-likeness (QED) is 0.532. The monoisotopic (exact) mass is 307 g/mol. The minimum Gasteiger partial charge on any atom is -0.495 e. The maximum absolute atomic E-state index is 12.1. The lowest BCUT2D eigenvalue weighted by Gasteiger charge is -2.09. The fourth-order valence-corrected chi connectivity index (χ4v) is 1.72. The lowest BCUT2D eigenvalue weighted by atomic mass is 10.2. The molecule has 1 N–H and O–H groups in total. The van der Waals surface area contributed by atoms with Crippen molar-refractivity contribution in [2.24, 2.45) is 0 Å². The van der Waals surface area contributed by atoms with Crippen molar-refractivity contribution < 1.29 is 14.5 Å². The van der Waals surface area contributed by atoms with Crippen LogP contribution >= 0.6 is 11.6 Å². The van der Waals surface area contributed by atoms with Crippen LogP contribution in [0.5, 0.6) is 5.75 Å². The van der Waals surface area contributed by atoms with Gasteiger partial charge in [-0.1, -0.05) is 11.6 Å². The minimum atomic E-state index is -0.557. The number of non-ortho nitro benzene ring substituents is 1. The molecule has 0 fully saturated rings. The number of carbonyl (C=O) groups is 1. The smallest absolute Gasteiger partial charge is 0.271 e. The largest absolute Gasteiger partial charge is 0.495 e. The number of hydrogen-bond donors (Lipinski definition) is 1. The molecular weight excluding hydrogens is 298 g/mol. The number of nitrogens with one attached hydrogen (secondary N) is 1. The zero-order valence-corrected chi connectivity index (χ0v) is 11.6. The van der Waals surface area contributed by atoms with Gasteiger partial charge in [0.05, 0.1) is 23.3 Å². The molecule has 1 aromatic heterocycles. The van der Waals surface area contributed by atoms with Crippen LogP contribution in [0.1, 0.15) is 10.4 Å². The Bertz CT molecular complexity index is 688. The van der Waals surface area contributed by atoms with E-state index in [4.69, 9.17) is 16.3 Å². The molecule has 8 heteroatoms. The number of ether oxygens (including phenoxy) is 1. The van der Waals surface area contributed by atoms with Gasteiger partial charge in [0.15, 0.2) is 0 Å². The Morgan fingerprint density at radius 2 is 2.14 bits per heavy atom. The summed E-state index contributed by atoms with van der Waals surface area (Å²) in [5.74, 6) is -0.158. The van der Waals surface area contributed by atoms with Crippen LogP contribution in [0.25, 0.3) is 0 Å². The molecule has 21 heavy (non-hydrogen) atoms. The third kappa shape index (κ3) is 3.46. The summed E-state index contributed by atoms with van der Waals surface area (Å²) in [6, 6.07) is 6.89. The van der Waals surface area contributed by atoms with Gasteiger partial charge in [0, 0.05) is 18.3 Å². The van der Waals surface area contributed by atoms with Gasteiger partial charge in [-0.3, -0.25) is 14.9 Å². The third-order valence-electron chi connectivity index (χ3n) is 2.63. The third-order valence-corrected chi connectivity index (χ3v) is 2.86. The highest BCUT2D eigenvalue weighted by Crippen LogP contribution is 2.29. The highest BCUT2D eigenvalue weighted by molar-refractivity contribution is 6.29. The molecule has 0 bridgehead atoms. The summed E-state index contributed by atoms with van der Waals surface area (Å²) < 4.78 is 5.06. The van der Waals surface area contributed by atoms with E-state index in [0.29, 0.717) is 5.75 Å². The maximum atomic E-state index is 12.1. The van der Waals surface area contributed by atoms with E-state index in [9.17, 15) is 14.9 Å². The van der Waals surface area contributed by atoms with E-state index < -0.39 is 10.8 Å². The van der Waals surface area contributed by atoms with Crippen LogP contribution < -0.4 is 10.1 Å². The first-order valence-electron chi connectivity index (χ1n) is 5.76. The summed E-state index contributed by atoms with van der Waals surface area (Å²) in [7, 11) is 1.40. The van der Waals surface area contributed by atoms with E-state index >= 15 is 0 Å². The van der Waals surface area contributed by atoms with Gasteiger partial charge in [0.1, 0.15) is 10.9 Å². The standard InChI is InChI=1S/C13H10ClN3O4/c1-21-11-4-3-9(17(19)20)6-10(11)16-13(18)8-2-5-12(14)15-7-8/h2-7H,1H3,(H,16,18). The second-order valence-corrected chi connectivity index (χ2v) is 4.35. The Hall–Kier alpha value is -2.67. The molecular formula is C13H10ClN3O4. The molecule has 7 nitrogen and oxygen atoms in total. The average Bonchev–Trinajstić information content (AvgIpc) is 2.47. The van der Waals surface area contributed by atoms with Crippen molar-refractivity contribution in [3.8, 4) is 5.75 Å². The van der Waals surface area contributed by atoms with E-state index in [0.717, 1.165) is 0 Å². The van der Waals surface area contributed by atoms with E-state index in [1.165, 1.54) is 43.6 Å². The van der Waals surface area contributed by atoms with Crippen LogP contribution in [-0.4, -0.2) is 22.9 Å². The van der Waals surface area contributed by atoms with Gasteiger partial charge in [0.2, 0.25) is 0 Å². The first-order chi connectivity index (χ1) is 10.0. The van der Waals surface area contributed by atoms with E-state index in [1.807, 2.05) is 0 Å². The van der Waals surface area contributed by atoms with Crippen molar-refractivity contribution in [1.82, 2.24) is 4.98 Å². The molecule has 0 unspecified atom stereocenters. The van der Waals surface area contributed by atoms with Crippen molar-refractivity contribution >= 4 is 28.9 Å². The number of carbonyl (C=O) groups excluding carboxylic acids is 1. The summed E-state index contributed by atoms with van der Waals surface area (Å²) in [6.45, 7) is 0. The molecule has 0 aliphatic heterocycles. The Morgan fingerprint density at radius 3 is 2.71 bits per heavy atom. The number of nitro groups is 1. The number of hydrogen-bond acceptors (Lipinski definition) is 5. The number of halogens is 1. The molecule has 1 heterocycles. The molecule has 2 rings (SSSR count). The van der Waals surface area contributed by atoms with Crippen LogP contribution in [0, 0.1) is 10.1 Å². The number of aromatic nitrogens is 1. The summed E-state index contributed by atoms with van der Waals surface area (Å²) in [5.41, 5.74) is 0.319. The van der Waals surface area contributed by atoms with E-state index in [1.54, 1.807) is 0 Å². The summed E-state index contributed by atoms with van der Waals surface area (Å²) in [5, 5.41) is 13.6. The van der Waals surface area contributed by atoms with Crippen LogP contribution in [0.4, 0.5) is 11.4 Å². The molecule has 1 amide bonds. The highest BCUT2D eigenvalue weighted by atomic mass is 35.5. The first kappa shape index (κ1) is 14.7. The number of methoxy groups -OCH3 is 1. The molecule has 2 aromatic rings. The lowest BCUT2D eigenvalue weighted by molar-refractivity contribution is -0.384. The number of rotatable bonds is 4. The molecule has 108 valence electrons. The number of amides is 1. The second-order valence-electron chi connectivity index (χ2n) is 3.97. The van der Waals surface area contributed by atoms with Crippen molar-refractivity contribution in [2.75, 3.05) is 12.4 Å². The number of benzene rings is 1. The van der Waals surface area contributed by atoms with Crippen molar-refractivity contribution in [2.45, 2.75) is 0 Å². The molecule has 1 aromatic carbocycles. The van der Waals surface area contributed by atoms with E-state index in [-0.39, 0.29) is 22.1 Å². The fourth-order valence-electron chi connectivity index (χ4n) is 1.61. The lowest BCUT2D eigenvalue weighted by Crippen LogP contribution is -2.13. The Balaban J connectivity index is 2.29. The van der Waals surface area contributed by atoms with Gasteiger partial charge in [-0.2, -0.15) is 0 Å². The predicted molar refractivity (Wildman–Crippen MR) is 76.8 cm³/mol. The molecule has 0 spiro atoms. The Kier molecular flexibility index (Phi) is 4.34. The zero-order chi connectivity index (χ0) is 15.4. The fraction of sp³-hybridized carbons (Fsp3) is 0.0769. The Morgan fingerprint density at radius 1 is 1.38 bits per heavy atom. The van der Waals surface area contributed by atoms with Crippen molar-refractivity contribution in [3.63, 3.8) is 0 Å². The SMILES string of the molecule is COc1ccc([N+](=O)[O-])cc1NC(=O)c1ccc(Cl)nc1. The zero-order valence-electron chi connectivity index (χ0n) is 10.9. The summed E-state index contributed by atoms with van der Waals surface area (Å²) >= 11 is 5.64. The molecule has 0 saturated carbocycles. The molecule has 0 aliphatic carbocycles. The predicted octanol–water partition coefficient (Wildman–Crippen LogP) is 2.90. The summed E-state index contributed by atoms with van der Waals surface area (Å²) in [4.78, 5) is 26.1. The summed E-state index contributed by atoms with van der Waals surface area (Å²) in [6.07, 6.45) is 1.31. The Labute approximate surface area is 124 Å². The van der Waals surface area contributed by atoms with Gasteiger partial charge < -0.3 is 10.1 Å². The van der Waals surface area contributed by atoms with Crippen molar-refractivity contribution in [3.05, 3.63) is 57.4 Å². The second kappa shape index (κ2) is 6.19. The van der Waals surface area contributed by atoms with Gasteiger partial charge in [-0.15, -0.1) is 0 Å². The van der Waals surface area contributed by atoms with Crippen LogP contribution in [0.2, 0.25) is 5.15 Å². The normalized spacial score (nSPS) is 10.0. The van der Waals surface area contributed by atoms with Gasteiger partial charge in [-0.25, -0.2) is 4.98 Å². The molecule has 0 saturated heterocycles. The number of anilines is 1. The van der Waals surface area contributed by atoms with Gasteiger partial charge in [0.25, 0.3) is 11.6 Å². The van der Waals surface area contributed by atoms with Gasteiger partial charge in [-0.05, 0) is 18.2 Å². The van der Waals surface area contributed by atoms with Crippen LogP contribution in [-0.2, 0) is 0 Å². The van der Waals surface area contributed by atoms with Crippen LogP contribution in [0.15, 0.2) is 36.5 Å². The minimum absolute atomic E-state index is 0.152. The highest BCUT2D eigenvalue weighted by Gasteiger charge is 2.14. The topological polar surface area (TPSA) is 94.4 Å². The maximum Gasteiger partial charge on any atom is 0.271 e. The van der Waals surface area contributed by atoms with Gasteiger partial charge >= 0.3 is 0 Å².